The minimum absolute atomic E-state index is 0.104. The van der Waals surface area contributed by atoms with E-state index in [4.69, 9.17) is 4.74 Å². The Kier molecular flexibility index (Phi) is 6.64. The van der Waals surface area contributed by atoms with Gasteiger partial charge in [-0.25, -0.2) is 4.68 Å². The van der Waals surface area contributed by atoms with Crippen LogP contribution in [0.3, 0.4) is 0 Å². The van der Waals surface area contributed by atoms with E-state index in [9.17, 15) is 9.59 Å². The zero-order valence-corrected chi connectivity index (χ0v) is 18.6. The molecule has 1 heterocycles. The van der Waals surface area contributed by atoms with E-state index in [2.05, 4.69) is 10.4 Å². The van der Waals surface area contributed by atoms with Gasteiger partial charge in [-0.15, -0.1) is 0 Å². The van der Waals surface area contributed by atoms with Crippen molar-refractivity contribution in [2.45, 2.75) is 20.3 Å². The minimum Gasteiger partial charge on any atom is -0.455 e. The van der Waals surface area contributed by atoms with E-state index in [1.165, 1.54) is 0 Å². The van der Waals surface area contributed by atoms with Crippen LogP contribution in [0, 0.1) is 13.8 Å². The maximum Gasteiger partial charge on any atom is 0.310 e. The van der Waals surface area contributed by atoms with Crippen molar-refractivity contribution in [3.8, 4) is 16.8 Å². The van der Waals surface area contributed by atoms with Crippen LogP contribution in [0.2, 0.25) is 0 Å². The van der Waals surface area contributed by atoms with E-state index in [1.807, 2.05) is 98.8 Å². The molecule has 1 amide bonds. The van der Waals surface area contributed by atoms with Gasteiger partial charge in [-0.2, -0.15) is 5.10 Å². The summed E-state index contributed by atoms with van der Waals surface area (Å²) in [4.78, 5) is 24.6. The van der Waals surface area contributed by atoms with Gasteiger partial charge in [0.05, 0.1) is 29.2 Å². The first kappa shape index (κ1) is 22.0. The quantitative estimate of drug-likeness (QED) is 0.417. The number of nitrogens with zero attached hydrogens (tertiary/aromatic N) is 2. The Morgan fingerprint density at radius 1 is 0.848 bits per heavy atom. The van der Waals surface area contributed by atoms with Gasteiger partial charge < -0.3 is 10.1 Å². The number of rotatable bonds is 7. The zero-order chi connectivity index (χ0) is 23.2. The Balaban J connectivity index is 1.31. The fourth-order valence-electron chi connectivity index (χ4n) is 3.63. The maximum atomic E-state index is 12.4. The zero-order valence-electron chi connectivity index (χ0n) is 18.6. The first-order chi connectivity index (χ1) is 16.0. The fraction of sp³-hybridized carbons (Fsp3) is 0.148. The molecule has 3 aromatic carbocycles. The molecule has 6 nitrogen and oxygen atoms in total. The number of amides is 1. The van der Waals surface area contributed by atoms with Crippen molar-refractivity contribution >= 4 is 17.6 Å². The van der Waals surface area contributed by atoms with Crippen LogP contribution in [-0.4, -0.2) is 28.3 Å². The molecule has 0 fully saturated rings. The average molecular weight is 440 g/mol. The molecule has 0 aliphatic heterocycles. The third-order valence-electron chi connectivity index (χ3n) is 5.33. The summed E-state index contributed by atoms with van der Waals surface area (Å²) in [6, 6.07) is 27.4. The van der Waals surface area contributed by atoms with Gasteiger partial charge in [0.1, 0.15) is 0 Å². The Morgan fingerprint density at radius 2 is 1.45 bits per heavy atom. The number of carbonyl (C=O) groups is 2. The lowest BCUT2D eigenvalue weighted by Crippen LogP contribution is -2.22. The average Bonchev–Trinajstić information content (AvgIpc) is 3.12. The van der Waals surface area contributed by atoms with Crippen molar-refractivity contribution in [2.75, 3.05) is 11.9 Å². The number of carbonyl (C=O) groups excluding carboxylic acids is 2. The molecule has 0 radical (unpaired) electrons. The highest BCUT2D eigenvalue weighted by Crippen LogP contribution is 2.23. The molecule has 0 aliphatic carbocycles. The molecule has 1 N–H and O–H groups in total. The summed E-state index contributed by atoms with van der Waals surface area (Å²) in [7, 11) is 0. The smallest absolute Gasteiger partial charge is 0.310 e. The summed E-state index contributed by atoms with van der Waals surface area (Å²) in [5.41, 5.74) is 6.04. The molecule has 0 saturated heterocycles. The Bertz CT molecular complexity index is 1250. The molecule has 0 aliphatic rings. The first-order valence-electron chi connectivity index (χ1n) is 10.7. The molecular formula is C27H25N3O3. The summed E-state index contributed by atoms with van der Waals surface area (Å²) in [6.07, 6.45) is 0.104. The van der Waals surface area contributed by atoms with E-state index in [-0.39, 0.29) is 13.0 Å². The molecule has 0 unspecified atom stereocenters. The van der Waals surface area contributed by atoms with Crippen LogP contribution in [-0.2, 0) is 20.7 Å². The molecular weight excluding hydrogens is 414 g/mol. The van der Waals surface area contributed by atoms with E-state index in [0.717, 1.165) is 28.1 Å². The number of anilines is 1. The third kappa shape index (κ3) is 5.36. The number of aryl methyl sites for hydroxylation is 1. The maximum absolute atomic E-state index is 12.4. The second-order valence-corrected chi connectivity index (χ2v) is 7.74. The van der Waals surface area contributed by atoms with Crippen molar-refractivity contribution in [1.82, 2.24) is 9.78 Å². The molecule has 33 heavy (non-hydrogen) atoms. The Hall–Kier alpha value is -4.19. The molecule has 4 aromatic rings. The molecule has 0 atom stereocenters. The van der Waals surface area contributed by atoms with Gasteiger partial charge in [0.2, 0.25) is 0 Å². The molecule has 4 rings (SSSR count). The predicted octanol–water partition coefficient (Wildman–Crippen LogP) is 4.88. The molecule has 166 valence electrons. The Labute approximate surface area is 192 Å². The molecule has 0 spiro atoms. The third-order valence-corrected chi connectivity index (χ3v) is 5.33. The summed E-state index contributed by atoms with van der Waals surface area (Å²) in [6.45, 7) is 3.36. The largest absolute Gasteiger partial charge is 0.455 e. The van der Waals surface area contributed by atoms with Gasteiger partial charge in [0.15, 0.2) is 6.61 Å². The summed E-state index contributed by atoms with van der Waals surface area (Å²) in [5, 5.41) is 7.32. The number of esters is 1. The van der Waals surface area contributed by atoms with Crippen LogP contribution in [0.25, 0.3) is 16.8 Å². The highest BCUT2D eigenvalue weighted by atomic mass is 16.5. The number of hydrogen-bond acceptors (Lipinski definition) is 4. The predicted molar refractivity (Wildman–Crippen MR) is 128 cm³/mol. The molecule has 0 bridgehead atoms. The summed E-state index contributed by atoms with van der Waals surface area (Å²) >= 11 is 0. The van der Waals surface area contributed by atoms with Crippen LogP contribution in [0.5, 0.6) is 0 Å². The second kappa shape index (κ2) is 9.96. The van der Waals surface area contributed by atoms with Gasteiger partial charge in [-0.05, 0) is 42.7 Å². The minimum atomic E-state index is -0.453. The highest BCUT2D eigenvalue weighted by Gasteiger charge is 2.16. The SMILES string of the molecule is Cc1nn(-c2ccccc2)c(C)c1NC(=O)COC(=O)Cc1ccc(-c2ccccc2)cc1. The monoisotopic (exact) mass is 439 g/mol. The van der Waals surface area contributed by atoms with Gasteiger partial charge >= 0.3 is 5.97 Å². The van der Waals surface area contributed by atoms with Crippen molar-refractivity contribution in [3.05, 3.63) is 102 Å². The van der Waals surface area contributed by atoms with Crippen LogP contribution in [0.4, 0.5) is 5.69 Å². The van der Waals surface area contributed by atoms with Crippen LogP contribution in [0.1, 0.15) is 17.0 Å². The fourth-order valence-corrected chi connectivity index (χ4v) is 3.63. The summed E-state index contributed by atoms with van der Waals surface area (Å²) in [5.74, 6) is -0.854. The standard InChI is InChI=1S/C27H25N3O3/c1-19-27(20(2)30(29-19)24-11-7-4-8-12-24)28-25(31)18-33-26(32)17-21-13-15-23(16-14-21)22-9-5-3-6-10-22/h3-16H,17-18H2,1-2H3,(H,28,31). The number of para-hydroxylation sites is 1. The van der Waals surface area contributed by atoms with Crippen LogP contribution in [0.15, 0.2) is 84.9 Å². The lowest BCUT2D eigenvalue weighted by molar-refractivity contribution is -0.146. The van der Waals surface area contributed by atoms with Gasteiger partial charge in [-0.1, -0.05) is 72.8 Å². The van der Waals surface area contributed by atoms with Gasteiger partial charge in [-0.3, -0.25) is 9.59 Å². The lowest BCUT2D eigenvalue weighted by atomic mass is 10.0. The van der Waals surface area contributed by atoms with Crippen LogP contribution >= 0.6 is 0 Å². The molecule has 6 heteroatoms. The molecule has 1 aromatic heterocycles. The number of benzene rings is 3. The summed E-state index contributed by atoms with van der Waals surface area (Å²) < 4.78 is 6.96. The molecule has 0 saturated carbocycles. The van der Waals surface area contributed by atoms with Crippen molar-refractivity contribution in [3.63, 3.8) is 0 Å². The number of aromatic nitrogens is 2. The van der Waals surface area contributed by atoms with Gasteiger partial charge in [0, 0.05) is 0 Å². The normalized spacial score (nSPS) is 10.6. The van der Waals surface area contributed by atoms with Crippen molar-refractivity contribution in [1.29, 1.82) is 0 Å². The lowest BCUT2D eigenvalue weighted by Gasteiger charge is -2.08. The Morgan fingerprint density at radius 3 is 2.12 bits per heavy atom. The van der Waals surface area contributed by atoms with Crippen LogP contribution < -0.4 is 5.32 Å². The first-order valence-corrected chi connectivity index (χ1v) is 10.7. The van der Waals surface area contributed by atoms with E-state index < -0.39 is 11.9 Å². The number of nitrogens with one attached hydrogen (secondary N) is 1. The second-order valence-electron chi connectivity index (χ2n) is 7.74. The number of ether oxygens (including phenoxy) is 1. The highest BCUT2D eigenvalue weighted by molar-refractivity contribution is 5.94. The van der Waals surface area contributed by atoms with E-state index in [1.54, 1.807) is 4.68 Å². The van der Waals surface area contributed by atoms with E-state index >= 15 is 0 Å². The van der Waals surface area contributed by atoms with Crippen molar-refractivity contribution in [2.24, 2.45) is 0 Å². The topological polar surface area (TPSA) is 73.2 Å². The van der Waals surface area contributed by atoms with Gasteiger partial charge in [0.25, 0.3) is 5.91 Å². The number of hydrogen-bond donors (Lipinski definition) is 1. The van der Waals surface area contributed by atoms with Crippen molar-refractivity contribution < 1.29 is 14.3 Å². The van der Waals surface area contributed by atoms with E-state index in [0.29, 0.717) is 11.4 Å².